The van der Waals surface area contributed by atoms with Crippen molar-refractivity contribution < 1.29 is 18.6 Å². The molecule has 5 rings (SSSR count). The van der Waals surface area contributed by atoms with Gasteiger partial charge in [0, 0.05) is 30.8 Å². The Morgan fingerprint density at radius 2 is 1.94 bits per heavy atom. The zero-order valence-corrected chi connectivity index (χ0v) is 17.7. The SMILES string of the molecule is C[C@H]1Oc2cc(cnc2N)-c2c(nn(C)c2C#N)OC2CCC(C2)Oc2ccc(F)cc21. The normalized spacial score (nSPS) is 21.8. The number of anilines is 1. The molecule has 9 heteroatoms. The molecule has 1 aliphatic heterocycles. The number of halogens is 1. The highest BCUT2D eigenvalue weighted by molar-refractivity contribution is 5.76. The van der Waals surface area contributed by atoms with Crippen molar-refractivity contribution in [2.45, 2.75) is 44.5 Å². The molecule has 2 aliphatic rings. The predicted octanol–water partition coefficient (Wildman–Crippen LogP) is 3.91. The highest BCUT2D eigenvalue weighted by Gasteiger charge is 2.32. The smallest absolute Gasteiger partial charge is 0.242 e. The number of aryl methyl sites for hydroxylation is 1. The van der Waals surface area contributed by atoms with E-state index in [4.69, 9.17) is 19.9 Å². The van der Waals surface area contributed by atoms with Crippen molar-refractivity contribution in [1.82, 2.24) is 14.8 Å². The Hall–Kier alpha value is -3.80. The number of rotatable bonds is 0. The topological polar surface area (TPSA) is 108 Å². The second-order valence-electron chi connectivity index (χ2n) is 8.11. The molecular weight excluding hydrogens is 413 g/mol. The largest absolute Gasteiger partial charge is 0.490 e. The van der Waals surface area contributed by atoms with E-state index in [2.05, 4.69) is 16.2 Å². The fraction of sp³-hybridized carbons (Fsp3) is 0.348. The molecular formula is C23H22FN5O3. The number of nitrogens with two attached hydrogens (primary N) is 1. The first-order valence-electron chi connectivity index (χ1n) is 10.5. The summed E-state index contributed by atoms with van der Waals surface area (Å²) in [4.78, 5) is 4.26. The van der Waals surface area contributed by atoms with Gasteiger partial charge in [-0.15, -0.1) is 5.10 Å². The lowest BCUT2D eigenvalue weighted by Gasteiger charge is -2.22. The lowest BCUT2D eigenvalue weighted by Crippen LogP contribution is -2.19. The maximum Gasteiger partial charge on any atom is 0.242 e. The van der Waals surface area contributed by atoms with Gasteiger partial charge in [-0.25, -0.2) is 9.37 Å². The number of nitriles is 1. The van der Waals surface area contributed by atoms with E-state index in [1.165, 1.54) is 16.8 Å². The number of pyridine rings is 1. The van der Waals surface area contributed by atoms with E-state index in [9.17, 15) is 9.65 Å². The van der Waals surface area contributed by atoms with E-state index in [1.54, 1.807) is 32.3 Å². The molecule has 1 fully saturated rings. The van der Waals surface area contributed by atoms with Gasteiger partial charge in [0.25, 0.3) is 0 Å². The van der Waals surface area contributed by atoms with Gasteiger partial charge in [-0.1, -0.05) is 0 Å². The van der Waals surface area contributed by atoms with Crippen LogP contribution >= 0.6 is 0 Å². The quantitative estimate of drug-likeness (QED) is 0.570. The third-order valence-corrected chi connectivity index (χ3v) is 5.91. The highest BCUT2D eigenvalue weighted by Crippen LogP contribution is 2.40. The van der Waals surface area contributed by atoms with Gasteiger partial charge < -0.3 is 19.9 Å². The molecule has 4 bridgehead atoms. The van der Waals surface area contributed by atoms with E-state index in [0.29, 0.717) is 46.2 Å². The second kappa shape index (κ2) is 7.71. The molecule has 3 atom stereocenters. The molecule has 0 saturated heterocycles. The van der Waals surface area contributed by atoms with Crippen LogP contribution in [0.2, 0.25) is 0 Å². The lowest BCUT2D eigenvalue weighted by atomic mass is 10.1. The summed E-state index contributed by atoms with van der Waals surface area (Å²) in [6.07, 6.45) is 3.00. The van der Waals surface area contributed by atoms with Gasteiger partial charge in [0.1, 0.15) is 41.6 Å². The van der Waals surface area contributed by atoms with Gasteiger partial charge in [0.15, 0.2) is 11.6 Å². The Labute approximate surface area is 184 Å². The predicted molar refractivity (Wildman–Crippen MR) is 114 cm³/mol. The first-order valence-corrected chi connectivity index (χ1v) is 10.5. The summed E-state index contributed by atoms with van der Waals surface area (Å²) in [5, 5.41) is 14.2. The Bertz CT molecular complexity index is 1240. The number of nitrogens with zero attached hydrogens (tertiary/aromatic N) is 4. The van der Waals surface area contributed by atoms with Crippen molar-refractivity contribution in [2.24, 2.45) is 7.05 Å². The van der Waals surface area contributed by atoms with Crippen molar-refractivity contribution >= 4 is 5.82 Å². The second-order valence-corrected chi connectivity index (χ2v) is 8.11. The van der Waals surface area contributed by atoms with Gasteiger partial charge in [-0.3, -0.25) is 4.68 Å². The van der Waals surface area contributed by atoms with Gasteiger partial charge in [-0.05, 0) is 44.0 Å². The van der Waals surface area contributed by atoms with Gasteiger partial charge >= 0.3 is 0 Å². The molecule has 2 unspecified atom stereocenters. The summed E-state index contributed by atoms with van der Waals surface area (Å²) in [7, 11) is 1.69. The van der Waals surface area contributed by atoms with Gasteiger partial charge in [0.2, 0.25) is 5.88 Å². The molecule has 2 N–H and O–H groups in total. The van der Waals surface area contributed by atoms with Crippen LogP contribution in [0.5, 0.6) is 17.4 Å². The number of hydrogen-bond donors (Lipinski definition) is 1. The van der Waals surface area contributed by atoms with Gasteiger partial charge in [0.05, 0.1) is 5.56 Å². The molecule has 1 aromatic carbocycles. The molecule has 0 radical (unpaired) electrons. The van der Waals surface area contributed by atoms with E-state index < -0.39 is 6.10 Å². The average Bonchev–Trinajstić information content (AvgIpc) is 3.33. The minimum Gasteiger partial charge on any atom is -0.490 e. The molecule has 3 heterocycles. The Morgan fingerprint density at radius 1 is 1.16 bits per heavy atom. The van der Waals surface area contributed by atoms with Crippen molar-refractivity contribution in [2.75, 3.05) is 5.73 Å². The zero-order chi connectivity index (χ0) is 22.4. The van der Waals surface area contributed by atoms with Crippen molar-refractivity contribution in [1.29, 1.82) is 5.26 Å². The standard InChI is InChI=1S/C23H22FN5O3/c1-12-17-8-14(24)3-6-19(17)31-15-4-5-16(9-15)32-23-21(18(10-25)29(2)28-23)13-7-20(30-12)22(26)27-11-13/h3,6-8,11-12,15-16H,4-5,9H2,1-2H3,(H2,26,27)/t12-,15?,16?/m1/s1. The van der Waals surface area contributed by atoms with Crippen LogP contribution in [0.4, 0.5) is 10.2 Å². The van der Waals surface area contributed by atoms with Crippen LogP contribution < -0.4 is 19.9 Å². The van der Waals surface area contributed by atoms with Crippen LogP contribution in [0.1, 0.15) is 43.5 Å². The summed E-state index contributed by atoms with van der Waals surface area (Å²) in [5.74, 6) is 1.03. The Kier molecular flexibility index (Phi) is 4.85. The summed E-state index contributed by atoms with van der Waals surface area (Å²) < 4.78 is 34.1. The van der Waals surface area contributed by atoms with Crippen molar-refractivity contribution in [3.63, 3.8) is 0 Å². The third kappa shape index (κ3) is 3.47. The van der Waals surface area contributed by atoms with Crippen LogP contribution in [-0.4, -0.2) is 27.0 Å². The van der Waals surface area contributed by atoms with E-state index >= 15 is 0 Å². The highest BCUT2D eigenvalue weighted by atomic mass is 19.1. The fourth-order valence-electron chi connectivity index (χ4n) is 4.31. The first kappa shape index (κ1) is 20.1. The van der Waals surface area contributed by atoms with E-state index in [0.717, 1.165) is 12.8 Å². The number of ether oxygens (including phenoxy) is 3. The third-order valence-electron chi connectivity index (χ3n) is 5.91. The minimum atomic E-state index is -0.555. The molecule has 2 aromatic heterocycles. The minimum absolute atomic E-state index is 0.0912. The van der Waals surface area contributed by atoms with Gasteiger partial charge in [-0.2, -0.15) is 5.26 Å². The zero-order valence-electron chi connectivity index (χ0n) is 17.7. The summed E-state index contributed by atoms with van der Waals surface area (Å²) in [6.45, 7) is 1.80. The molecule has 1 aliphatic carbocycles. The number of benzene rings is 1. The maximum absolute atomic E-state index is 14.1. The number of hydrogen-bond acceptors (Lipinski definition) is 7. The average molecular weight is 435 g/mol. The summed E-state index contributed by atoms with van der Waals surface area (Å²) >= 11 is 0. The van der Waals surface area contributed by atoms with Crippen molar-refractivity contribution in [3.05, 3.63) is 47.5 Å². The van der Waals surface area contributed by atoms with Crippen LogP contribution in [0, 0.1) is 17.1 Å². The molecule has 3 aromatic rings. The molecule has 164 valence electrons. The first-order chi connectivity index (χ1) is 15.4. The number of aromatic nitrogens is 3. The fourth-order valence-corrected chi connectivity index (χ4v) is 4.31. The molecule has 0 amide bonds. The monoisotopic (exact) mass is 435 g/mol. The molecule has 8 nitrogen and oxygen atoms in total. The van der Waals surface area contributed by atoms with Crippen LogP contribution in [0.15, 0.2) is 30.5 Å². The lowest BCUT2D eigenvalue weighted by molar-refractivity contribution is 0.155. The van der Waals surface area contributed by atoms with E-state index in [1.807, 2.05) is 0 Å². The van der Waals surface area contributed by atoms with E-state index in [-0.39, 0.29) is 23.8 Å². The molecule has 32 heavy (non-hydrogen) atoms. The van der Waals surface area contributed by atoms with Crippen LogP contribution in [0.25, 0.3) is 11.1 Å². The number of nitrogen functional groups attached to an aromatic ring is 1. The Morgan fingerprint density at radius 3 is 2.72 bits per heavy atom. The van der Waals surface area contributed by atoms with Crippen LogP contribution in [0.3, 0.4) is 0 Å². The molecule has 0 spiro atoms. The van der Waals surface area contributed by atoms with Crippen LogP contribution in [-0.2, 0) is 7.05 Å². The molecule has 1 saturated carbocycles. The Balaban J connectivity index is 1.67. The maximum atomic E-state index is 14.1. The summed E-state index contributed by atoms with van der Waals surface area (Å²) in [5.41, 5.74) is 8.13. The van der Waals surface area contributed by atoms with Crippen molar-refractivity contribution in [3.8, 4) is 34.6 Å². The number of fused-ring (bicyclic) bond motifs is 7. The summed E-state index contributed by atoms with van der Waals surface area (Å²) in [6, 6.07) is 8.30.